The van der Waals surface area contributed by atoms with E-state index in [1.54, 1.807) is 0 Å². The average Bonchev–Trinajstić information content (AvgIpc) is 2.00. The summed E-state index contributed by atoms with van der Waals surface area (Å²) in [5.41, 5.74) is 0. The fourth-order valence-corrected chi connectivity index (χ4v) is 1.09. The molecule has 0 aliphatic heterocycles. The van der Waals surface area contributed by atoms with Crippen molar-refractivity contribution in [1.82, 2.24) is 0 Å². The molecule has 0 amide bonds. The summed E-state index contributed by atoms with van der Waals surface area (Å²) >= 11 is 0. The van der Waals surface area contributed by atoms with Crippen molar-refractivity contribution < 1.29 is 15.3 Å². The van der Waals surface area contributed by atoms with E-state index in [0.29, 0.717) is 12.3 Å². The number of hydrogen-bond donors (Lipinski definition) is 3. The predicted molar refractivity (Wildman–Crippen MR) is 47.2 cm³/mol. The molecule has 0 aliphatic rings. The molecule has 10 heavy (non-hydrogen) atoms. The van der Waals surface area contributed by atoms with Crippen LogP contribution >= 0.6 is 18.5 Å². The van der Waals surface area contributed by atoms with E-state index >= 15 is 0 Å². The third kappa shape index (κ3) is 3.23. The van der Waals surface area contributed by atoms with Gasteiger partial charge in [-0.15, -0.1) is 18.5 Å². The summed E-state index contributed by atoms with van der Waals surface area (Å²) in [5, 5.41) is 27.0. The average molecular weight is 184 g/mol. The Hall–Kier alpha value is 0.740. The minimum atomic E-state index is -1.03. The van der Waals surface area contributed by atoms with Gasteiger partial charge in [-0.3, -0.25) is 0 Å². The van der Waals surface area contributed by atoms with Gasteiger partial charge in [0.25, 0.3) is 0 Å². The number of aliphatic hydroxyl groups is 3. The molecule has 0 bridgehead atoms. The lowest BCUT2D eigenvalue weighted by molar-refractivity contribution is -0.0401. The van der Waals surface area contributed by atoms with Crippen LogP contribution in [0.25, 0.3) is 0 Å². The molecule has 0 fully saturated rings. The van der Waals surface area contributed by atoms with Crippen LogP contribution in [0.1, 0.15) is 0 Å². The minimum absolute atomic E-state index is 0.378. The normalized spacial score (nSPS) is 20.1. The lowest BCUT2D eigenvalue weighted by Crippen LogP contribution is -2.39. The number of hydrogen-bond acceptors (Lipinski definition) is 3. The Labute approximate surface area is 65.2 Å². The molecule has 0 spiro atoms. The predicted octanol–water partition coefficient (Wildman–Crippen LogP) is -1.18. The Morgan fingerprint density at radius 1 is 0.900 bits per heavy atom. The first-order chi connectivity index (χ1) is 4.63. The Bertz CT molecular complexity index is 81.0. The van der Waals surface area contributed by atoms with Crippen molar-refractivity contribution in [1.29, 1.82) is 0 Å². The van der Waals surface area contributed by atoms with Crippen LogP contribution in [-0.4, -0.2) is 46.0 Å². The zero-order chi connectivity index (χ0) is 8.15. The molecule has 0 heterocycles. The SMILES string of the molecule is OC(CP)C(O)C(O)CP. The molecule has 0 aliphatic carbocycles. The van der Waals surface area contributed by atoms with Gasteiger partial charge in [-0.25, -0.2) is 0 Å². The van der Waals surface area contributed by atoms with E-state index in [0.717, 1.165) is 0 Å². The standard InChI is InChI=1S/C5H14O3P2/c6-3(1-9)5(8)4(7)2-10/h3-8H,1-2,9-10H2. The first-order valence-electron chi connectivity index (χ1n) is 3.07. The van der Waals surface area contributed by atoms with E-state index in [1.165, 1.54) is 0 Å². The summed E-state index contributed by atoms with van der Waals surface area (Å²) in [4.78, 5) is 0. The quantitative estimate of drug-likeness (QED) is 0.482. The van der Waals surface area contributed by atoms with Crippen LogP contribution < -0.4 is 0 Å². The third-order valence-corrected chi connectivity index (χ3v) is 2.24. The van der Waals surface area contributed by atoms with Crippen LogP contribution in [0.15, 0.2) is 0 Å². The Balaban J connectivity index is 3.69. The molecule has 5 heteroatoms. The van der Waals surface area contributed by atoms with Gasteiger partial charge in [0, 0.05) is 0 Å². The largest absolute Gasteiger partial charge is 0.390 e. The van der Waals surface area contributed by atoms with Crippen molar-refractivity contribution in [2.75, 3.05) is 12.3 Å². The molecule has 0 aromatic rings. The van der Waals surface area contributed by atoms with Crippen LogP contribution in [0.2, 0.25) is 0 Å². The minimum Gasteiger partial charge on any atom is -0.390 e. The smallest absolute Gasteiger partial charge is 0.106 e. The van der Waals surface area contributed by atoms with Gasteiger partial charge >= 0.3 is 0 Å². The third-order valence-electron chi connectivity index (χ3n) is 1.27. The van der Waals surface area contributed by atoms with Gasteiger partial charge in [0.1, 0.15) is 6.10 Å². The van der Waals surface area contributed by atoms with Gasteiger partial charge in [-0.1, -0.05) is 0 Å². The summed E-state index contributed by atoms with van der Waals surface area (Å²) in [6.45, 7) is 0. The van der Waals surface area contributed by atoms with Crippen molar-refractivity contribution in [3.8, 4) is 0 Å². The molecule has 0 aromatic heterocycles. The molecule has 62 valence electrons. The van der Waals surface area contributed by atoms with Crippen LogP contribution in [0, 0.1) is 0 Å². The molecule has 0 saturated carbocycles. The Morgan fingerprint density at radius 2 is 1.20 bits per heavy atom. The number of rotatable bonds is 4. The Kier molecular flexibility index (Phi) is 5.80. The molecule has 0 saturated heterocycles. The fourth-order valence-electron chi connectivity index (χ4n) is 0.535. The van der Waals surface area contributed by atoms with Crippen molar-refractivity contribution in [2.45, 2.75) is 18.3 Å². The van der Waals surface area contributed by atoms with Gasteiger partial charge in [0.05, 0.1) is 12.2 Å². The van der Waals surface area contributed by atoms with E-state index in [9.17, 15) is 0 Å². The molecule has 3 nitrogen and oxygen atoms in total. The summed E-state index contributed by atoms with van der Waals surface area (Å²) in [6, 6.07) is 0. The van der Waals surface area contributed by atoms with Gasteiger partial charge in [-0.05, 0) is 12.3 Å². The zero-order valence-corrected chi connectivity index (χ0v) is 7.95. The van der Waals surface area contributed by atoms with E-state index in [1.807, 2.05) is 0 Å². The summed E-state index contributed by atoms with van der Waals surface area (Å²) in [5.74, 6) is 0. The van der Waals surface area contributed by atoms with Crippen LogP contribution in [0.4, 0.5) is 0 Å². The molecular weight excluding hydrogens is 170 g/mol. The fraction of sp³-hybridized carbons (Fsp3) is 1.00. The number of aliphatic hydroxyl groups excluding tert-OH is 3. The van der Waals surface area contributed by atoms with E-state index in [4.69, 9.17) is 15.3 Å². The molecule has 0 radical (unpaired) electrons. The summed E-state index contributed by atoms with van der Waals surface area (Å²) < 4.78 is 0. The van der Waals surface area contributed by atoms with Crippen LogP contribution in [-0.2, 0) is 0 Å². The second kappa shape index (κ2) is 5.40. The summed E-state index contributed by atoms with van der Waals surface area (Å²) in [6.07, 6.45) is -1.97. The molecule has 4 atom stereocenters. The topological polar surface area (TPSA) is 60.7 Å². The van der Waals surface area contributed by atoms with Crippen molar-refractivity contribution in [3.63, 3.8) is 0 Å². The highest BCUT2D eigenvalue weighted by Gasteiger charge is 2.21. The molecule has 4 unspecified atom stereocenters. The highest BCUT2D eigenvalue weighted by Crippen LogP contribution is 2.05. The highest BCUT2D eigenvalue weighted by atomic mass is 31.0. The second-order valence-corrected chi connectivity index (χ2v) is 3.04. The lowest BCUT2D eigenvalue weighted by Gasteiger charge is -2.20. The second-order valence-electron chi connectivity index (χ2n) is 2.10. The van der Waals surface area contributed by atoms with Crippen molar-refractivity contribution in [3.05, 3.63) is 0 Å². The van der Waals surface area contributed by atoms with Gasteiger partial charge in [0.2, 0.25) is 0 Å². The highest BCUT2D eigenvalue weighted by molar-refractivity contribution is 7.16. The lowest BCUT2D eigenvalue weighted by atomic mass is 10.1. The van der Waals surface area contributed by atoms with Gasteiger partial charge in [-0.2, -0.15) is 0 Å². The van der Waals surface area contributed by atoms with E-state index in [-0.39, 0.29) is 0 Å². The summed E-state index contributed by atoms with van der Waals surface area (Å²) in [7, 11) is 4.60. The van der Waals surface area contributed by atoms with Gasteiger partial charge in [0.15, 0.2) is 0 Å². The molecular formula is C5H14O3P2. The molecule has 0 aromatic carbocycles. The van der Waals surface area contributed by atoms with Crippen LogP contribution in [0.5, 0.6) is 0 Å². The maximum atomic E-state index is 9.06. The Morgan fingerprint density at radius 3 is 1.40 bits per heavy atom. The van der Waals surface area contributed by atoms with Crippen LogP contribution in [0.3, 0.4) is 0 Å². The van der Waals surface area contributed by atoms with Crippen molar-refractivity contribution >= 4 is 18.5 Å². The van der Waals surface area contributed by atoms with Gasteiger partial charge < -0.3 is 15.3 Å². The van der Waals surface area contributed by atoms with E-state index < -0.39 is 18.3 Å². The van der Waals surface area contributed by atoms with Crippen molar-refractivity contribution in [2.24, 2.45) is 0 Å². The zero-order valence-electron chi connectivity index (χ0n) is 5.64. The maximum absolute atomic E-state index is 9.06. The first-order valence-corrected chi connectivity index (χ1v) is 4.71. The molecule has 3 N–H and O–H groups in total. The van der Waals surface area contributed by atoms with E-state index in [2.05, 4.69) is 18.5 Å². The maximum Gasteiger partial charge on any atom is 0.106 e. The molecule has 0 rings (SSSR count). The first kappa shape index (κ1) is 10.7. The monoisotopic (exact) mass is 184 g/mol.